The Kier molecular flexibility index (Phi) is 17.3. The molecular formula is C117H75N21S6. The molecule has 684 valence electrons. The molecule has 0 N–H and O–H groups in total. The predicted molar refractivity (Wildman–Crippen MR) is 606 cm³/mol. The number of aromatic nitrogens is 21. The standard InChI is InChI=1S/3C20H13N3S.3C19H12N4S/c1-22-15-7-3-4-8-16(15)23-17-11-19-13(10-14(17)21-20(22)23)12-6-2-5-9-18(12)24-19;1-22-14-7-3-4-8-15(14)23-16-11-10-13-12-6-2-5-9-17(12)24-19(13)18(16)21-20(22)23;1-22-13-7-3-4-8-14(13)23-15-10-11-17-18(19(15)21-20(22)23)12-6-2-5-9-16(12)24-17;1-22-14-4-2-3-5-15(14)23-16-8-12-11-6-7-20-10-18(11)24-17(12)9-13(16)21-19(22)23;1-22-13-4-2-3-5-14(13)23-18-12(21-19(22)23)6-7-15-17(18)11-8-9-20-10-16(11)24-15;1-22-14-4-2-3-5-15(14)23-17-13(21-19(22)23)7-6-12-11-8-9-20-10-16(11)24-18(12)17/h3*2-11H,1H3;3*2-10H,1H3. The molecule has 0 fully saturated rings. The minimum absolute atomic E-state index is 0.979. The fourth-order valence-corrected chi connectivity index (χ4v) is 29.4. The highest BCUT2D eigenvalue weighted by atomic mass is 32.1. The van der Waals surface area contributed by atoms with Crippen molar-refractivity contribution in [3.8, 4) is 0 Å². The third-order valence-electron chi connectivity index (χ3n) is 29.2. The van der Waals surface area contributed by atoms with E-state index in [0.717, 1.165) is 73.3 Å². The summed E-state index contributed by atoms with van der Waals surface area (Å²) in [4.78, 5) is 42.4. The van der Waals surface area contributed by atoms with Gasteiger partial charge in [0, 0.05) is 177 Å². The number of hydrogen-bond acceptors (Lipinski definition) is 15. The first-order valence-corrected chi connectivity index (χ1v) is 52.4. The fourth-order valence-electron chi connectivity index (χ4n) is 22.6. The van der Waals surface area contributed by atoms with E-state index in [-0.39, 0.29) is 0 Å². The highest BCUT2D eigenvalue weighted by molar-refractivity contribution is 7.28. The molecule has 21 aromatic heterocycles. The maximum atomic E-state index is 5.04. The number of aryl methyl sites for hydroxylation is 6. The zero-order valence-electron chi connectivity index (χ0n) is 77.7. The molecule has 0 amide bonds. The first-order chi connectivity index (χ1) is 70.9. The van der Waals surface area contributed by atoms with E-state index in [4.69, 9.17) is 29.9 Å². The summed E-state index contributed by atoms with van der Waals surface area (Å²) < 4.78 is 42.0. The van der Waals surface area contributed by atoms with Gasteiger partial charge in [-0.3, -0.25) is 41.4 Å². The normalized spacial score (nSPS) is 12.4. The largest absolute Gasteiger partial charge is 0.313 e. The van der Waals surface area contributed by atoms with Crippen LogP contribution < -0.4 is 0 Å². The van der Waals surface area contributed by atoms with E-state index in [0.29, 0.717) is 0 Å². The van der Waals surface area contributed by atoms with Gasteiger partial charge in [0.15, 0.2) is 0 Å². The molecule has 0 saturated carbocycles. The number of hydrogen-bond donors (Lipinski definition) is 0. The van der Waals surface area contributed by atoms with E-state index < -0.39 is 0 Å². The van der Waals surface area contributed by atoms with Crippen LogP contribution in [0.3, 0.4) is 0 Å². The lowest BCUT2D eigenvalue weighted by atomic mass is 10.1. The average Bonchev–Trinajstić information content (AvgIpc) is 1.56. The van der Waals surface area contributed by atoms with Gasteiger partial charge in [0.25, 0.3) is 0 Å². The highest BCUT2D eigenvalue weighted by Gasteiger charge is 2.26. The van der Waals surface area contributed by atoms with Gasteiger partial charge in [-0.2, -0.15) is 0 Å². The second-order valence-corrected chi connectivity index (χ2v) is 43.3. The van der Waals surface area contributed by atoms with Crippen LogP contribution in [-0.2, 0) is 42.3 Å². The Labute approximate surface area is 836 Å². The highest BCUT2D eigenvalue weighted by Crippen LogP contribution is 2.47. The molecule has 0 radical (unpaired) electrons. The fraction of sp³-hybridized carbons (Fsp3) is 0.0513. The Morgan fingerprint density at radius 2 is 0.500 bits per heavy atom. The zero-order valence-corrected chi connectivity index (χ0v) is 82.6. The molecule has 0 aliphatic carbocycles. The number of nitrogens with zero attached hydrogens (tertiary/aromatic N) is 21. The van der Waals surface area contributed by atoms with E-state index in [9.17, 15) is 0 Å². The van der Waals surface area contributed by atoms with Crippen molar-refractivity contribution < 1.29 is 0 Å². The molecule has 36 rings (SSSR count). The van der Waals surface area contributed by atoms with Gasteiger partial charge in [0.1, 0.15) is 11.0 Å². The van der Waals surface area contributed by atoms with Crippen molar-refractivity contribution in [3.63, 3.8) is 0 Å². The Bertz CT molecular complexity index is 11800. The van der Waals surface area contributed by atoms with Crippen LogP contribution in [0.1, 0.15) is 0 Å². The SMILES string of the molecule is Cn1c2ccccc2n2c3c(ccc4c5ccncc5sc43)nc12.Cn1c2ccccc2n2c3c(ccc4sc5cnccc5c43)nc12.Cn1c2ccccc2n2c3cc4c(cc3nc12)sc1cnccc14.Cn1c2ccccc2n2c3cc4sc5ccccc5c4cc3nc12.Cn1c2ccccc2n2c3ccc4c5ccccc5sc4c3nc12.Cn1c2ccccc2n2c3ccc4sc5ccccc5c4c3nc12. The molecule has 21 nitrogen and oxygen atoms in total. The topological polar surface area (TPSA) is 172 Å². The molecule has 36 aromatic rings. The van der Waals surface area contributed by atoms with Crippen LogP contribution >= 0.6 is 68.0 Å². The quantitative estimate of drug-likeness (QED) is 0.143. The average molecular weight is 1970 g/mol. The van der Waals surface area contributed by atoms with Crippen LogP contribution in [0.4, 0.5) is 0 Å². The van der Waals surface area contributed by atoms with Crippen molar-refractivity contribution in [2.75, 3.05) is 0 Å². The first-order valence-electron chi connectivity index (χ1n) is 47.5. The Balaban J connectivity index is 0.0000000788. The minimum atomic E-state index is 0.979. The molecule has 0 spiro atoms. The molecule has 0 unspecified atom stereocenters. The van der Waals surface area contributed by atoms with Crippen molar-refractivity contribution >= 4 is 356 Å². The summed E-state index contributed by atoms with van der Waals surface area (Å²) in [6, 6.07) is 109. The van der Waals surface area contributed by atoms with E-state index in [1.54, 1.807) is 34.0 Å². The summed E-state index contributed by atoms with van der Waals surface area (Å²) in [7, 11) is 12.5. The van der Waals surface area contributed by atoms with Gasteiger partial charge in [0.05, 0.1) is 145 Å². The van der Waals surface area contributed by atoms with Gasteiger partial charge in [-0.25, -0.2) is 29.9 Å². The molecule has 144 heavy (non-hydrogen) atoms. The van der Waals surface area contributed by atoms with E-state index in [1.807, 2.05) is 71.2 Å². The molecule has 0 aliphatic heterocycles. The van der Waals surface area contributed by atoms with Crippen molar-refractivity contribution in [2.45, 2.75) is 0 Å². The summed E-state index contributed by atoms with van der Waals surface area (Å²) in [6.45, 7) is 0. The summed E-state index contributed by atoms with van der Waals surface area (Å²) >= 11 is 10.9. The van der Waals surface area contributed by atoms with Crippen LogP contribution in [0.15, 0.2) is 347 Å². The van der Waals surface area contributed by atoms with Gasteiger partial charge in [0.2, 0.25) is 34.7 Å². The monoisotopic (exact) mass is 1970 g/mol. The lowest BCUT2D eigenvalue weighted by molar-refractivity contribution is 0.973. The molecule has 21 heterocycles. The summed E-state index contributed by atoms with van der Waals surface area (Å²) in [5.41, 5.74) is 27.9. The van der Waals surface area contributed by atoms with Crippen LogP contribution in [-0.4, -0.2) is 98.7 Å². The van der Waals surface area contributed by atoms with Gasteiger partial charge in [-0.1, -0.05) is 140 Å². The third kappa shape index (κ3) is 11.5. The van der Waals surface area contributed by atoms with Crippen LogP contribution in [0.25, 0.3) is 288 Å². The number of pyridine rings is 3. The number of fused-ring (bicyclic) bond motifs is 52. The second-order valence-electron chi connectivity index (χ2n) is 36.9. The number of para-hydroxylation sites is 12. The second kappa shape index (κ2) is 30.6. The van der Waals surface area contributed by atoms with Gasteiger partial charge >= 0.3 is 0 Å². The van der Waals surface area contributed by atoms with E-state index in [2.05, 4.69) is 420 Å². The van der Waals surface area contributed by atoms with Crippen molar-refractivity contribution in [1.82, 2.24) is 98.7 Å². The molecule has 27 heteroatoms. The predicted octanol–water partition coefficient (Wildman–Crippen LogP) is 30.3. The minimum Gasteiger partial charge on any atom is -0.313 e. The summed E-state index contributed by atoms with van der Waals surface area (Å²) in [5, 5.41) is 15.4. The lowest BCUT2D eigenvalue weighted by Gasteiger charge is -1.98. The maximum absolute atomic E-state index is 5.04. The van der Waals surface area contributed by atoms with Crippen molar-refractivity contribution in [2.24, 2.45) is 42.3 Å². The summed E-state index contributed by atoms with van der Waals surface area (Å²) in [5.74, 6) is 5.93. The summed E-state index contributed by atoms with van der Waals surface area (Å²) in [6.07, 6.45) is 11.4. The van der Waals surface area contributed by atoms with Gasteiger partial charge in [-0.05, 0) is 170 Å². The number of benzene rings is 15. The molecule has 0 bridgehead atoms. The number of thiophene rings is 6. The van der Waals surface area contributed by atoms with E-state index >= 15 is 0 Å². The molecule has 0 aliphatic rings. The smallest absolute Gasteiger partial charge is 0.215 e. The molecule has 0 saturated heterocycles. The zero-order chi connectivity index (χ0) is 95.0. The number of rotatable bonds is 0. The maximum Gasteiger partial charge on any atom is 0.215 e. The Morgan fingerprint density at radius 3 is 1.07 bits per heavy atom. The first kappa shape index (κ1) is 81.5. The Morgan fingerprint density at radius 1 is 0.181 bits per heavy atom. The van der Waals surface area contributed by atoms with Crippen LogP contribution in [0.5, 0.6) is 0 Å². The van der Waals surface area contributed by atoms with Crippen LogP contribution in [0.2, 0.25) is 0 Å². The number of imidazole rings is 12. The molecule has 0 atom stereocenters. The van der Waals surface area contributed by atoms with E-state index in [1.165, 1.54) is 215 Å². The lowest BCUT2D eigenvalue weighted by Crippen LogP contribution is -1.87. The van der Waals surface area contributed by atoms with Gasteiger partial charge in [-0.15, -0.1) is 68.0 Å². The van der Waals surface area contributed by atoms with Gasteiger partial charge < -0.3 is 27.4 Å². The molecule has 15 aromatic carbocycles. The van der Waals surface area contributed by atoms with Crippen LogP contribution in [0, 0.1) is 0 Å². The van der Waals surface area contributed by atoms with Crippen molar-refractivity contribution in [3.05, 3.63) is 347 Å². The Hall–Kier alpha value is -17.3. The third-order valence-corrected chi connectivity index (χ3v) is 36.1. The molecular weight excluding hydrogens is 1890 g/mol. The van der Waals surface area contributed by atoms with Crippen molar-refractivity contribution in [1.29, 1.82) is 0 Å².